The number of halogens is 1. The van der Waals surface area contributed by atoms with Gasteiger partial charge in [0.05, 0.1) is 6.20 Å². The number of hydrogen-bond donors (Lipinski definition) is 3. The molecule has 34 heavy (non-hydrogen) atoms. The first-order chi connectivity index (χ1) is 16.3. The van der Waals surface area contributed by atoms with Crippen molar-refractivity contribution in [2.24, 2.45) is 11.8 Å². The Labute approximate surface area is 197 Å². The minimum absolute atomic E-state index is 0.0178. The Morgan fingerprint density at radius 1 is 1.24 bits per heavy atom. The molecule has 0 unspecified atom stereocenters. The van der Waals surface area contributed by atoms with Crippen LogP contribution in [0, 0.1) is 17.7 Å². The van der Waals surface area contributed by atoms with Gasteiger partial charge in [0.25, 0.3) is 5.91 Å². The summed E-state index contributed by atoms with van der Waals surface area (Å²) in [5.41, 5.74) is 1.33. The summed E-state index contributed by atoms with van der Waals surface area (Å²) in [5, 5.41) is 11.8. The second kappa shape index (κ2) is 8.41. The second-order valence-electron chi connectivity index (χ2n) is 9.77. The Morgan fingerprint density at radius 3 is 2.65 bits per heavy atom. The third-order valence-electron chi connectivity index (χ3n) is 7.28. The average molecular weight is 469 g/mol. The number of benzene rings is 1. The van der Waals surface area contributed by atoms with E-state index in [0.717, 1.165) is 29.7 Å². The summed E-state index contributed by atoms with van der Waals surface area (Å²) in [6, 6.07) is 4.43. The molecule has 1 aromatic heterocycles. The molecule has 5 rings (SSSR count). The van der Waals surface area contributed by atoms with Crippen molar-refractivity contribution in [1.29, 1.82) is 0 Å². The molecular formula is C24H29FN6O3. The van der Waals surface area contributed by atoms with Gasteiger partial charge >= 0.3 is 6.03 Å². The third kappa shape index (κ3) is 4.01. The molecule has 3 N–H and O–H groups in total. The van der Waals surface area contributed by atoms with Gasteiger partial charge in [-0.05, 0) is 55.9 Å². The molecule has 1 aromatic carbocycles. The maximum absolute atomic E-state index is 14.4. The molecule has 2 saturated heterocycles. The molecular weight excluding hydrogens is 439 g/mol. The van der Waals surface area contributed by atoms with Crippen LogP contribution in [-0.4, -0.2) is 64.2 Å². The predicted octanol–water partition coefficient (Wildman–Crippen LogP) is 2.27. The molecule has 0 spiro atoms. The summed E-state index contributed by atoms with van der Waals surface area (Å²) >= 11 is 0. The smallest absolute Gasteiger partial charge is 0.322 e. The quantitative estimate of drug-likeness (QED) is 0.564. The van der Waals surface area contributed by atoms with Crippen molar-refractivity contribution in [3.63, 3.8) is 0 Å². The van der Waals surface area contributed by atoms with E-state index >= 15 is 0 Å². The van der Waals surface area contributed by atoms with Crippen LogP contribution in [0.25, 0.3) is 11.1 Å². The number of anilines is 1. The van der Waals surface area contributed by atoms with Gasteiger partial charge in [0.1, 0.15) is 11.4 Å². The Bertz CT molecular complexity index is 1120. The lowest BCUT2D eigenvalue weighted by molar-refractivity contribution is -0.137. The number of nitrogens with one attached hydrogen (secondary N) is 3. The molecule has 3 heterocycles. The highest BCUT2D eigenvalue weighted by Crippen LogP contribution is 2.44. The second-order valence-corrected chi connectivity index (χ2v) is 9.77. The van der Waals surface area contributed by atoms with E-state index in [4.69, 9.17) is 0 Å². The van der Waals surface area contributed by atoms with Crippen LogP contribution in [0.3, 0.4) is 0 Å². The molecule has 2 aromatic rings. The number of aromatic nitrogens is 2. The van der Waals surface area contributed by atoms with Crippen molar-refractivity contribution in [2.75, 3.05) is 24.5 Å². The van der Waals surface area contributed by atoms with Crippen molar-refractivity contribution in [1.82, 2.24) is 25.7 Å². The highest BCUT2D eigenvalue weighted by atomic mass is 19.1. The zero-order valence-electron chi connectivity index (χ0n) is 19.3. The molecule has 1 aliphatic carbocycles. The number of carbonyl (C=O) groups is 3. The zero-order valence-corrected chi connectivity index (χ0v) is 19.3. The maximum Gasteiger partial charge on any atom is 0.322 e. The maximum atomic E-state index is 14.4. The summed E-state index contributed by atoms with van der Waals surface area (Å²) in [7, 11) is 0. The fourth-order valence-electron chi connectivity index (χ4n) is 5.42. The molecule has 2 aliphatic heterocycles. The number of rotatable bonds is 6. The van der Waals surface area contributed by atoms with Crippen molar-refractivity contribution in [3.05, 3.63) is 36.4 Å². The van der Waals surface area contributed by atoms with E-state index in [2.05, 4.69) is 25.7 Å². The Hall–Kier alpha value is -3.43. The van der Waals surface area contributed by atoms with Gasteiger partial charge in [-0.2, -0.15) is 5.10 Å². The number of urea groups is 1. The fourth-order valence-corrected chi connectivity index (χ4v) is 5.42. The summed E-state index contributed by atoms with van der Waals surface area (Å²) in [6.45, 7) is 5.41. The molecule has 180 valence electrons. The van der Waals surface area contributed by atoms with E-state index in [9.17, 15) is 18.8 Å². The molecule has 3 aliphatic rings. The lowest BCUT2D eigenvalue weighted by atomic mass is 9.83. The van der Waals surface area contributed by atoms with E-state index < -0.39 is 17.5 Å². The first kappa shape index (κ1) is 22.4. The molecule has 4 amide bonds. The van der Waals surface area contributed by atoms with Gasteiger partial charge in [-0.25, -0.2) is 9.18 Å². The van der Waals surface area contributed by atoms with Gasteiger partial charge in [-0.1, -0.05) is 6.92 Å². The topological polar surface area (TPSA) is 110 Å². The number of nitrogens with zero attached hydrogens (tertiary/aromatic N) is 3. The summed E-state index contributed by atoms with van der Waals surface area (Å²) in [5.74, 6) is -1.00. The highest BCUT2D eigenvalue weighted by Gasteiger charge is 2.56. The van der Waals surface area contributed by atoms with E-state index in [1.165, 1.54) is 12.1 Å². The third-order valence-corrected chi connectivity index (χ3v) is 7.28. The minimum atomic E-state index is -0.981. The van der Waals surface area contributed by atoms with Crippen LogP contribution in [0.1, 0.15) is 33.1 Å². The predicted molar refractivity (Wildman–Crippen MR) is 123 cm³/mol. The molecule has 1 saturated carbocycles. The standard InChI is InChI=1S/C24H29FN6O3/c1-14(10-24(18-3-4-18)22(33)28-23(34)29-24)21(32)30-5-6-31(15(2)13-30)20-8-16(7-19(25)9-20)17-11-26-27-12-17/h7-9,11-12,14-15,18H,3-6,10,13H2,1-2H3,(H,26,27)(H2,28,29,33,34)/t14-,15+,24-/m1/s1. The SMILES string of the molecule is C[C@H](C[C@]1(C2CC2)NC(=O)NC1=O)C(=O)N1CCN(c2cc(F)cc(-c3cn[nH]c3)c2)[C@@H](C)C1. The number of amides is 4. The van der Waals surface area contributed by atoms with Crippen molar-refractivity contribution in [2.45, 2.75) is 44.7 Å². The highest BCUT2D eigenvalue weighted by molar-refractivity contribution is 6.07. The summed E-state index contributed by atoms with van der Waals surface area (Å²) in [6.07, 6.45) is 5.42. The van der Waals surface area contributed by atoms with Crippen molar-refractivity contribution < 1.29 is 18.8 Å². The molecule has 0 radical (unpaired) electrons. The number of H-pyrrole nitrogens is 1. The van der Waals surface area contributed by atoms with Gasteiger partial charge < -0.3 is 15.1 Å². The fraction of sp³-hybridized carbons (Fsp3) is 0.500. The molecule has 3 fully saturated rings. The van der Waals surface area contributed by atoms with E-state index in [1.807, 2.05) is 24.8 Å². The lowest BCUT2D eigenvalue weighted by Gasteiger charge is -2.42. The van der Waals surface area contributed by atoms with Crippen LogP contribution in [0.4, 0.5) is 14.9 Å². The van der Waals surface area contributed by atoms with Gasteiger partial charge in [0.2, 0.25) is 5.91 Å². The molecule has 3 atom stereocenters. The van der Waals surface area contributed by atoms with Gasteiger partial charge in [0, 0.05) is 49.0 Å². The summed E-state index contributed by atoms with van der Waals surface area (Å²) in [4.78, 5) is 41.6. The lowest BCUT2D eigenvalue weighted by Crippen LogP contribution is -2.56. The van der Waals surface area contributed by atoms with Crippen LogP contribution < -0.4 is 15.5 Å². The van der Waals surface area contributed by atoms with Crippen molar-refractivity contribution in [3.8, 4) is 11.1 Å². The number of aromatic amines is 1. The van der Waals surface area contributed by atoms with Gasteiger partial charge in [0.15, 0.2) is 0 Å². The number of carbonyl (C=O) groups excluding carboxylic acids is 3. The number of hydrogen-bond acceptors (Lipinski definition) is 5. The van der Waals surface area contributed by atoms with Gasteiger partial charge in [-0.15, -0.1) is 0 Å². The first-order valence-electron chi connectivity index (χ1n) is 11.8. The minimum Gasteiger partial charge on any atom is -0.365 e. The monoisotopic (exact) mass is 468 g/mol. The van der Waals surface area contributed by atoms with Crippen LogP contribution in [0.2, 0.25) is 0 Å². The Balaban J connectivity index is 1.26. The number of piperazine rings is 1. The molecule has 0 bridgehead atoms. The van der Waals surface area contributed by atoms with Crippen molar-refractivity contribution >= 4 is 23.5 Å². The molecule has 10 heteroatoms. The van der Waals surface area contributed by atoms with Crippen LogP contribution in [-0.2, 0) is 9.59 Å². The van der Waals surface area contributed by atoms with Crippen LogP contribution in [0.15, 0.2) is 30.6 Å². The van der Waals surface area contributed by atoms with Crippen LogP contribution >= 0.6 is 0 Å². The number of imide groups is 1. The first-order valence-corrected chi connectivity index (χ1v) is 11.8. The van der Waals surface area contributed by atoms with Gasteiger partial charge in [-0.3, -0.25) is 20.0 Å². The average Bonchev–Trinajstić information content (AvgIpc) is 3.43. The zero-order chi connectivity index (χ0) is 24.0. The largest absolute Gasteiger partial charge is 0.365 e. The van der Waals surface area contributed by atoms with Crippen LogP contribution in [0.5, 0.6) is 0 Å². The Morgan fingerprint density at radius 2 is 2.03 bits per heavy atom. The van der Waals surface area contributed by atoms with E-state index in [1.54, 1.807) is 12.4 Å². The van der Waals surface area contributed by atoms with E-state index in [0.29, 0.717) is 26.1 Å². The normalized spacial score (nSPS) is 25.8. The molecule has 9 nitrogen and oxygen atoms in total. The summed E-state index contributed by atoms with van der Waals surface area (Å²) < 4.78 is 14.4. The van der Waals surface area contributed by atoms with E-state index in [-0.39, 0.29) is 29.6 Å². The Kier molecular flexibility index (Phi) is 5.53.